The van der Waals surface area contributed by atoms with Crippen molar-refractivity contribution >= 4 is 11.3 Å². The van der Waals surface area contributed by atoms with Gasteiger partial charge in [0.25, 0.3) is 0 Å². The van der Waals surface area contributed by atoms with Crippen LogP contribution in [0.25, 0.3) is 0 Å². The molecular formula is C11H18FN3S. The van der Waals surface area contributed by atoms with Gasteiger partial charge in [0.15, 0.2) is 0 Å². The van der Waals surface area contributed by atoms with Crippen molar-refractivity contribution in [2.24, 2.45) is 0 Å². The highest BCUT2D eigenvalue weighted by molar-refractivity contribution is 7.09. The van der Waals surface area contributed by atoms with Crippen LogP contribution < -0.4 is 5.32 Å². The van der Waals surface area contributed by atoms with Gasteiger partial charge in [-0.1, -0.05) is 0 Å². The lowest BCUT2D eigenvalue weighted by atomic mass is 10.2. The van der Waals surface area contributed by atoms with Gasteiger partial charge in [-0.25, -0.2) is 9.37 Å². The quantitative estimate of drug-likeness (QED) is 0.870. The summed E-state index contributed by atoms with van der Waals surface area (Å²) in [6, 6.07) is 0.307. The van der Waals surface area contributed by atoms with E-state index in [-0.39, 0.29) is 0 Å². The van der Waals surface area contributed by atoms with E-state index < -0.39 is 6.17 Å². The van der Waals surface area contributed by atoms with E-state index in [1.54, 1.807) is 11.3 Å². The van der Waals surface area contributed by atoms with Crippen molar-refractivity contribution in [3.63, 3.8) is 0 Å². The molecule has 1 fully saturated rings. The molecule has 2 atom stereocenters. The van der Waals surface area contributed by atoms with Crippen LogP contribution in [0, 0.1) is 6.92 Å². The third kappa shape index (κ3) is 2.78. The number of aryl methyl sites for hydroxylation is 1. The number of aromatic nitrogens is 1. The zero-order valence-corrected chi connectivity index (χ0v) is 10.6. The van der Waals surface area contributed by atoms with Gasteiger partial charge >= 0.3 is 0 Å². The Kier molecular flexibility index (Phi) is 3.89. The molecule has 0 radical (unpaired) electrons. The van der Waals surface area contributed by atoms with Crippen LogP contribution in [0.5, 0.6) is 0 Å². The second-order valence-electron chi connectivity index (χ2n) is 4.33. The van der Waals surface area contributed by atoms with E-state index >= 15 is 0 Å². The third-order valence-electron chi connectivity index (χ3n) is 2.95. The number of hydrogen-bond donors (Lipinski definition) is 1. The summed E-state index contributed by atoms with van der Waals surface area (Å²) in [4.78, 5) is 6.62. The first kappa shape index (κ1) is 12.0. The van der Waals surface area contributed by atoms with Crippen LogP contribution in [-0.4, -0.2) is 42.2 Å². The number of alkyl halides is 1. The fraction of sp³-hybridized carbons (Fsp3) is 0.727. The number of likely N-dealkylation sites (N-methyl/N-ethyl adjacent to an activating group) is 1. The molecule has 0 aliphatic carbocycles. The van der Waals surface area contributed by atoms with Crippen LogP contribution >= 0.6 is 11.3 Å². The van der Waals surface area contributed by atoms with E-state index in [0.717, 1.165) is 23.8 Å². The minimum absolute atomic E-state index is 0.307. The van der Waals surface area contributed by atoms with Crippen LogP contribution in [0.15, 0.2) is 5.38 Å². The molecule has 1 aliphatic heterocycles. The number of halogens is 1. The topological polar surface area (TPSA) is 28.2 Å². The van der Waals surface area contributed by atoms with Crippen molar-refractivity contribution in [3.05, 3.63) is 16.1 Å². The minimum Gasteiger partial charge on any atom is -0.318 e. The Bertz CT molecular complexity index is 342. The lowest BCUT2D eigenvalue weighted by Gasteiger charge is -2.22. The molecule has 5 heteroatoms. The normalized spacial score (nSPS) is 26.4. The van der Waals surface area contributed by atoms with Gasteiger partial charge in [0.05, 0.1) is 10.7 Å². The van der Waals surface area contributed by atoms with E-state index in [1.807, 2.05) is 14.0 Å². The van der Waals surface area contributed by atoms with Gasteiger partial charge in [-0.05, 0) is 20.4 Å². The van der Waals surface area contributed by atoms with Gasteiger partial charge in [0.2, 0.25) is 0 Å². The number of nitrogens with one attached hydrogen (secondary N) is 1. The molecule has 1 aromatic heterocycles. The third-order valence-corrected chi connectivity index (χ3v) is 3.77. The highest BCUT2D eigenvalue weighted by Crippen LogP contribution is 2.22. The molecule has 0 saturated carbocycles. The molecule has 90 valence electrons. The first-order valence-corrected chi connectivity index (χ1v) is 6.50. The molecule has 0 spiro atoms. The van der Waals surface area contributed by atoms with Gasteiger partial charge in [-0.3, -0.25) is 4.90 Å². The fourth-order valence-corrected chi connectivity index (χ4v) is 2.86. The maximum absolute atomic E-state index is 13.4. The maximum atomic E-state index is 13.4. The predicted molar refractivity (Wildman–Crippen MR) is 64.5 cm³/mol. The first-order chi connectivity index (χ1) is 7.69. The van der Waals surface area contributed by atoms with Crippen molar-refractivity contribution in [2.45, 2.75) is 32.1 Å². The molecule has 1 aliphatic rings. The molecule has 0 unspecified atom stereocenters. The average molecular weight is 243 g/mol. The Labute approximate surface area is 99.7 Å². The Morgan fingerprint density at radius 3 is 3.12 bits per heavy atom. The van der Waals surface area contributed by atoms with Gasteiger partial charge in [-0.2, -0.15) is 0 Å². The van der Waals surface area contributed by atoms with Gasteiger partial charge in [0, 0.05) is 31.1 Å². The highest BCUT2D eigenvalue weighted by atomic mass is 32.1. The Morgan fingerprint density at radius 2 is 2.50 bits per heavy atom. The Morgan fingerprint density at radius 1 is 1.69 bits per heavy atom. The number of rotatable bonds is 4. The molecule has 1 N–H and O–H groups in total. The minimum atomic E-state index is -0.682. The highest BCUT2D eigenvalue weighted by Gasteiger charge is 2.31. The summed E-state index contributed by atoms with van der Waals surface area (Å²) >= 11 is 1.66. The smallest absolute Gasteiger partial charge is 0.114 e. The van der Waals surface area contributed by atoms with Gasteiger partial charge < -0.3 is 5.32 Å². The summed E-state index contributed by atoms with van der Waals surface area (Å²) in [5, 5.41) is 6.27. The van der Waals surface area contributed by atoms with Crippen molar-refractivity contribution in [2.75, 3.05) is 20.1 Å². The van der Waals surface area contributed by atoms with Crippen LogP contribution in [0.1, 0.15) is 17.1 Å². The number of nitrogens with zero attached hydrogens (tertiary/aromatic N) is 2. The Hall–Kier alpha value is -0.520. The van der Waals surface area contributed by atoms with Crippen LogP contribution in [0.3, 0.4) is 0 Å². The summed E-state index contributed by atoms with van der Waals surface area (Å²) in [6.45, 7) is 4.17. The molecule has 2 heterocycles. The Balaban J connectivity index is 1.97. The van der Waals surface area contributed by atoms with Gasteiger partial charge in [0.1, 0.15) is 6.17 Å². The molecule has 0 amide bonds. The van der Waals surface area contributed by atoms with Crippen LogP contribution in [-0.2, 0) is 6.54 Å². The van der Waals surface area contributed by atoms with E-state index in [4.69, 9.17) is 0 Å². The van der Waals surface area contributed by atoms with E-state index in [0.29, 0.717) is 19.0 Å². The zero-order valence-electron chi connectivity index (χ0n) is 9.74. The molecule has 3 nitrogen and oxygen atoms in total. The molecule has 0 bridgehead atoms. The van der Waals surface area contributed by atoms with Crippen molar-refractivity contribution < 1.29 is 4.39 Å². The summed E-state index contributed by atoms with van der Waals surface area (Å²) in [6.07, 6.45) is -0.0395. The van der Waals surface area contributed by atoms with Crippen LogP contribution in [0.2, 0.25) is 0 Å². The molecule has 2 rings (SSSR count). The average Bonchev–Trinajstić information content (AvgIpc) is 2.76. The summed E-state index contributed by atoms with van der Waals surface area (Å²) < 4.78 is 13.4. The lowest BCUT2D eigenvalue weighted by Crippen LogP contribution is -2.36. The number of likely N-dealkylation sites (tertiary alicyclic amines) is 1. The van der Waals surface area contributed by atoms with Crippen molar-refractivity contribution in [1.82, 2.24) is 15.2 Å². The van der Waals surface area contributed by atoms with E-state index in [2.05, 4.69) is 20.6 Å². The SMILES string of the molecule is CNC[C@H]1C[C@@H](F)CN1Cc1csc(C)n1. The second kappa shape index (κ2) is 5.21. The summed E-state index contributed by atoms with van der Waals surface area (Å²) in [5.41, 5.74) is 1.07. The molecule has 16 heavy (non-hydrogen) atoms. The molecule has 1 saturated heterocycles. The second-order valence-corrected chi connectivity index (χ2v) is 5.39. The van der Waals surface area contributed by atoms with Crippen molar-refractivity contribution in [1.29, 1.82) is 0 Å². The molecule has 1 aromatic rings. The monoisotopic (exact) mass is 243 g/mol. The lowest BCUT2D eigenvalue weighted by molar-refractivity contribution is 0.230. The summed E-state index contributed by atoms with van der Waals surface area (Å²) in [5.74, 6) is 0. The van der Waals surface area contributed by atoms with E-state index in [9.17, 15) is 4.39 Å². The first-order valence-electron chi connectivity index (χ1n) is 5.62. The zero-order chi connectivity index (χ0) is 11.5. The standard InChI is InChI=1S/C11H18FN3S/c1-8-14-10(7-16-8)6-15-5-9(12)3-11(15)4-13-2/h7,9,11,13H,3-6H2,1-2H3/t9-,11-/m1/s1. The number of hydrogen-bond acceptors (Lipinski definition) is 4. The molecular weight excluding hydrogens is 225 g/mol. The summed E-state index contributed by atoms with van der Waals surface area (Å²) in [7, 11) is 1.91. The maximum Gasteiger partial charge on any atom is 0.114 e. The molecule has 0 aromatic carbocycles. The van der Waals surface area contributed by atoms with Crippen molar-refractivity contribution in [3.8, 4) is 0 Å². The largest absolute Gasteiger partial charge is 0.318 e. The number of thiazole rings is 1. The predicted octanol–water partition coefficient (Wildman–Crippen LogP) is 1.58. The van der Waals surface area contributed by atoms with E-state index in [1.165, 1.54) is 0 Å². The van der Waals surface area contributed by atoms with Crippen LogP contribution in [0.4, 0.5) is 4.39 Å². The fourth-order valence-electron chi connectivity index (χ4n) is 2.25. The van der Waals surface area contributed by atoms with Gasteiger partial charge in [-0.15, -0.1) is 11.3 Å².